The molecule has 3 aromatic rings. The number of halogens is 1. The Morgan fingerprint density at radius 3 is 3.00 bits per heavy atom. The van der Waals surface area contributed by atoms with Crippen molar-refractivity contribution in [1.82, 2.24) is 19.5 Å². The predicted octanol–water partition coefficient (Wildman–Crippen LogP) is 2.26. The first-order valence-electron chi connectivity index (χ1n) is 6.38. The van der Waals surface area contributed by atoms with Gasteiger partial charge in [-0.3, -0.25) is 4.79 Å². The van der Waals surface area contributed by atoms with Crippen LogP contribution in [0.25, 0.3) is 11.0 Å². The van der Waals surface area contributed by atoms with Crippen molar-refractivity contribution in [2.24, 2.45) is 0 Å². The van der Waals surface area contributed by atoms with E-state index in [-0.39, 0.29) is 11.8 Å². The second kappa shape index (κ2) is 5.90. The maximum Gasteiger partial charge on any atom is 0.323 e. The molecule has 7 nitrogen and oxygen atoms in total. The minimum atomic E-state index is -0.930. The lowest BCUT2D eigenvalue weighted by atomic mass is 10.4. The van der Waals surface area contributed by atoms with Crippen LogP contribution in [0.3, 0.4) is 0 Å². The van der Waals surface area contributed by atoms with Crippen LogP contribution in [0.1, 0.15) is 5.01 Å². The molecule has 0 atom stereocenters. The first kappa shape index (κ1) is 14.7. The standard InChI is InChI=1S/C13H12ClN5O2S/c1-18(6-9-15-3-5-22-9)12-11-8(16-13(14)17-12)2-4-19(11)7-10(20)21/h2-5H,6-7H2,1H3,(H,20,21). The van der Waals surface area contributed by atoms with Crippen molar-refractivity contribution in [3.8, 4) is 0 Å². The molecule has 0 spiro atoms. The van der Waals surface area contributed by atoms with Gasteiger partial charge < -0.3 is 14.6 Å². The fourth-order valence-corrected chi connectivity index (χ4v) is 3.05. The highest BCUT2D eigenvalue weighted by atomic mass is 35.5. The van der Waals surface area contributed by atoms with E-state index in [0.717, 1.165) is 5.01 Å². The zero-order valence-electron chi connectivity index (χ0n) is 11.6. The monoisotopic (exact) mass is 337 g/mol. The van der Waals surface area contributed by atoms with Gasteiger partial charge in [0.05, 0.1) is 12.1 Å². The van der Waals surface area contributed by atoms with Crippen molar-refractivity contribution < 1.29 is 9.90 Å². The molecular formula is C13H12ClN5O2S. The largest absolute Gasteiger partial charge is 0.480 e. The average Bonchev–Trinajstić information content (AvgIpc) is 3.07. The van der Waals surface area contributed by atoms with Crippen molar-refractivity contribution in [1.29, 1.82) is 0 Å². The fraction of sp³-hybridized carbons (Fsp3) is 0.231. The first-order chi connectivity index (χ1) is 10.5. The summed E-state index contributed by atoms with van der Waals surface area (Å²) in [6.45, 7) is 0.394. The number of aromatic nitrogens is 4. The van der Waals surface area contributed by atoms with Gasteiger partial charge in [0.15, 0.2) is 5.82 Å². The Labute approximate surface area is 134 Å². The summed E-state index contributed by atoms with van der Waals surface area (Å²) < 4.78 is 1.60. The highest BCUT2D eigenvalue weighted by Gasteiger charge is 2.17. The Morgan fingerprint density at radius 2 is 2.32 bits per heavy atom. The minimum absolute atomic E-state index is 0.126. The van der Waals surface area contributed by atoms with Crippen molar-refractivity contribution >= 4 is 45.8 Å². The van der Waals surface area contributed by atoms with Crippen LogP contribution in [0, 0.1) is 0 Å². The van der Waals surface area contributed by atoms with Gasteiger partial charge in [0.1, 0.15) is 17.1 Å². The van der Waals surface area contributed by atoms with Gasteiger partial charge >= 0.3 is 5.97 Å². The molecule has 0 saturated heterocycles. The van der Waals surface area contributed by atoms with Gasteiger partial charge in [-0.25, -0.2) is 9.97 Å². The topological polar surface area (TPSA) is 84.1 Å². The van der Waals surface area contributed by atoms with E-state index in [4.69, 9.17) is 16.7 Å². The molecule has 3 rings (SSSR count). The third-order valence-corrected chi connectivity index (χ3v) is 4.02. The Kier molecular flexibility index (Phi) is 3.95. The normalized spacial score (nSPS) is 11.0. The Bertz CT molecular complexity index is 817. The molecule has 0 aliphatic heterocycles. The Balaban J connectivity index is 2.06. The molecule has 3 heterocycles. The van der Waals surface area contributed by atoms with Crippen molar-refractivity contribution in [3.63, 3.8) is 0 Å². The summed E-state index contributed by atoms with van der Waals surface area (Å²) in [4.78, 5) is 25.5. The number of thiazole rings is 1. The number of aliphatic carboxylic acids is 1. The van der Waals surface area contributed by atoms with Crippen LogP contribution in [0.4, 0.5) is 5.82 Å². The molecule has 0 aliphatic rings. The zero-order chi connectivity index (χ0) is 15.7. The zero-order valence-corrected chi connectivity index (χ0v) is 13.2. The lowest BCUT2D eigenvalue weighted by molar-refractivity contribution is -0.137. The van der Waals surface area contributed by atoms with Gasteiger partial charge in [-0.1, -0.05) is 0 Å². The van der Waals surface area contributed by atoms with Gasteiger partial charge in [0, 0.05) is 24.8 Å². The van der Waals surface area contributed by atoms with Crippen molar-refractivity contribution in [2.75, 3.05) is 11.9 Å². The van der Waals surface area contributed by atoms with Crippen LogP contribution < -0.4 is 4.90 Å². The molecule has 9 heteroatoms. The first-order valence-corrected chi connectivity index (χ1v) is 7.64. The van der Waals surface area contributed by atoms with Crippen molar-refractivity contribution in [2.45, 2.75) is 13.1 Å². The average molecular weight is 338 g/mol. The summed E-state index contributed by atoms with van der Waals surface area (Å²) in [5.41, 5.74) is 1.26. The summed E-state index contributed by atoms with van der Waals surface area (Å²) >= 11 is 7.52. The van der Waals surface area contributed by atoms with Gasteiger partial charge in [0.25, 0.3) is 0 Å². The number of fused-ring (bicyclic) bond motifs is 1. The number of carboxylic acid groups (broad SMARTS) is 1. The van der Waals surface area contributed by atoms with E-state index in [1.807, 2.05) is 17.3 Å². The van der Waals surface area contributed by atoms with E-state index >= 15 is 0 Å². The molecule has 0 amide bonds. The number of nitrogens with zero attached hydrogens (tertiary/aromatic N) is 5. The highest BCUT2D eigenvalue weighted by Crippen LogP contribution is 2.27. The van der Waals surface area contributed by atoms with E-state index < -0.39 is 5.97 Å². The molecule has 0 unspecified atom stereocenters. The number of anilines is 1. The van der Waals surface area contributed by atoms with E-state index in [0.29, 0.717) is 23.4 Å². The molecule has 0 saturated carbocycles. The summed E-state index contributed by atoms with van der Waals surface area (Å²) in [5, 5.41) is 12.0. The highest BCUT2D eigenvalue weighted by molar-refractivity contribution is 7.09. The molecule has 0 fully saturated rings. The SMILES string of the molecule is CN(Cc1nccs1)c1nc(Cl)nc2ccn(CC(=O)O)c12. The number of carboxylic acids is 1. The van der Waals surface area contributed by atoms with Gasteiger partial charge in [-0.2, -0.15) is 4.98 Å². The summed E-state index contributed by atoms with van der Waals surface area (Å²) in [6.07, 6.45) is 3.41. The Morgan fingerprint density at radius 1 is 1.50 bits per heavy atom. The molecule has 1 N–H and O–H groups in total. The van der Waals surface area contributed by atoms with E-state index in [2.05, 4.69) is 15.0 Å². The van der Waals surface area contributed by atoms with Crippen LogP contribution in [0.2, 0.25) is 5.28 Å². The predicted molar refractivity (Wildman–Crippen MR) is 84.4 cm³/mol. The number of hydrogen-bond acceptors (Lipinski definition) is 6. The summed E-state index contributed by atoms with van der Waals surface area (Å²) in [6, 6.07) is 1.73. The summed E-state index contributed by atoms with van der Waals surface area (Å²) in [5.74, 6) is -0.350. The molecule has 22 heavy (non-hydrogen) atoms. The second-order valence-corrected chi connectivity index (χ2v) is 5.99. The number of hydrogen-bond donors (Lipinski definition) is 1. The molecule has 114 valence electrons. The van der Waals surface area contributed by atoms with Crippen LogP contribution in [0.5, 0.6) is 0 Å². The third-order valence-electron chi connectivity index (χ3n) is 3.09. The van der Waals surface area contributed by atoms with Gasteiger partial charge in [-0.15, -0.1) is 11.3 Å². The molecule has 0 aliphatic carbocycles. The maximum absolute atomic E-state index is 11.0. The maximum atomic E-state index is 11.0. The van der Waals surface area contributed by atoms with Crippen LogP contribution in [-0.2, 0) is 17.9 Å². The molecular weight excluding hydrogens is 326 g/mol. The molecule has 0 radical (unpaired) electrons. The lowest BCUT2D eigenvalue weighted by Crippen LogP contribution is -2.20. The van der Waals surface area contributed by atoms with E-state index in [9.17, 15) is 4.79 Å². The van der Waals surface area contributed by atoms with Crippen LogP contribution in [0.15, 0.2) is 23.8 Å². The van der Waals surface area contributed by atoms with E-state index in [1.165, 1.54) is 0 Å². The fourth-order valence-electron chi connectivity index (χ4n) is 2.21. The number of rotatable bonds is 5. The van der Waals surface area contributed by atoms with Crippen molar-refractivity contribution in [3.05, 3.63) is 34.1 Å². The molecule has 3 aromatic heterocycles. The Hall–Kier alpha value is -2.19. The molecule has 0 aromatic carbocycles. The smallest absolute Gasteiger partial charge is 0.323 e. The quantitative estimate of drug-likeness (QED) is 0.719. The lowest BCUT2D eigenvalue weighted by Gasteiger charge is -2.18. The second-order valence-electron chi connectivity index (χ2n) is 4.67. The van der Waals surface area contributed by atoms with Crippen LogP contribution in [-0.4, -0.2) is 37.6 Å². The number of carbonyl (C=O) groups is 1. The van der Waals surface area contributed by atoms with Gasteiger partial charge in [-0.05, 0) is 17.7 Å². The molecule has 0 bridgehead atoms. The van der Waals surface area contributed by atoms with E-state index in [1.54, 1.807) is 34.4 Å². The van der Waals surface area contributed by atoms with Gasteiger partial charge in [0.2, 0.25) is 5.28 Å². The summed E-state index contributed by atoms with van der Waals surface area (Å²) in [7, 11) is 1.86. The third kappa shape index (κ3) is 2.88. The van der Waals surface area contributed by atoms with Crippen LogP contribution >= 0.6 is 22.9 Å². The minimum Gasteiger partial charge on any atom is -0.480 e.